The van der Waals surface area contributed by atoms with Crippen molar-refractivity contribution in [2.75, 3.05) is 0 Å². The average molecular weight is 420 g/mol. The van der Waals surface area contributed by atoms with E-state index >= 15 is 0 Å². The van der Waals surface area contributed by atoms with Crippen LogP contribution in [0.1, 0.15) is 61.2 Å². The van der Waals surface area contributed by atoms with E-state index < -0.39 is 0 Å². The third-order valence-corrected chi connectivity index (χ3v) is 7.01. The standard InChI is InChI=1S/C25H29N3OS/c1-16(22(29)20-10-9-17-7-6-8-19(17)15-20)30-24-27-26-23(28(24)5)18-11-13-21(14-12-18)25(2,3)4/h9-16H,6-8H2,1-5H3/t16-/m0/s1. The van der Waals surface area contributed by atoms with Crippen LogP contribution in [0.3, 0.4) is 0 Å². The van der Waals surface area contributed by atoms with E-state index in [2.05, 4.69) is 67.4 Å². The van der Waals surface area contributed by atoms with Crippen LogP contribution in [0.4, 0.5) is 0 Å². The van der Waals surface area contributed by atoms with Gasteiger partial charge in [0, 0.05) is 18.2 Å². The molecule has 1 aliphatic rings. The zero-order valence-corrected chi connectivity index (χ0v) is 19.2. The Morgan fingerprint density at radius 3 is 2.43 bits per heavy atom. The van der Waals surface area contributed by atoms with E-state index in [9.17, 15) is 4.79 Å². The SMILES string of the molecule is C[C@H](Sc1nnc(-c2ccc(C(C)(C)C)cc2)n1C)C(=O)c1ccc2c(c1)CCC2. The number of nitrogens with zero attached hydrogens (tertiary/aromatic N) is 3. The lowest BCUT2D eigenvalue weighted by atomic mass is 9.87. The molecule has 156 valence electrons. The highest BCUT2D eigenvalue weighted by atomic mass is 32.2. The second-order valence-electron chi connectivity index (χ2n) is 9.15. The maximum absolute atomic E-state index is 13.0. The van der Waals surface area contributed by atoms with Gasteiger partial charge >= 0.3 is 0 Å². The summed E-state index contributed by atoms with van der Waals surface area (Å²) in [6.07, 6.45) is 3.40. The predicted octanol–water partition coefficient (Wildman–Crippen LogP) is 5.63. The predicted molar refractivity (Wildman–Crippen MR) is 123 cm³/mol. The lowest BCUT2D eigenvalue weighted by molar-refractivity contribution is 0.0993. The molecule has 0 bridgehead atoms. The van der Waals surface area contributed by atoms with Gasteiger partial charge in [-0.05, 0) is 54.4 Å². The molecule has 3 aromatic rings. The second-order valence-corrected chi connectivity index (χ2v) is 10.5. The molecule has 0 saturated carbocycles. The number of ketones is 1. The molecule has 0 spiro atoms. The summed E-state index contributed by atoms with van der Waals surface area (Å²) in [5, 5.41) is 9.29. The number of fused-ring (bicyclic) bond motifs is 1. The molecule has 0 N–H and O–H groups in total. The van der Waals surface area contributed by atoms with Crippen molar-refractivity contribution in [1.29, 1.82) is 0 Å². The van der Waals surface area contributed by atoms with Gasteiger partial charge in [0.2, 0.25) is 0 Å². The first-order valence-corrected chi connectivity index (χ1v) is 11.4. The Hall–Kier alpha value is -2.40. The molecule has 0 aliphatic heterocycles. The van der Waals surface area contributed by atoms with Crippen molar-refractivity contribution in [2.24, 2.45) is 7.05 Å². The zero-order chi connectivity index (χ0) is 21.5. The average Bonchev–Trinajstić information content (AvgIpc) is 3.33. The third kappa shape index (κ3) is 4.08. The zero-order valence-electron chi connectivity index (χ0n) is 18.4. The van der Waals surface area contributed by atoms with Gasteiger partial charge in [0.1, 0.15) is 0 Å². The number of benzene rings is 2. The number of hydrogen-bond acceptors (Lipinski definition) is 4. The highest BCUT2D eigenvalue weighted by molar-refractivity contribution is 8.00. The molecule has 0 amide bonds. The first-order valence-electron chi connectivity index (χ1n) is 10.6. The van der Waals surface area contributed by atoms with Crippen LogP contribution in [-0.4, -0.2) is 25.8 Å². The van der Waals surface area contributed by atoms with E-state index in [-0.39, 0.29) is 16.4 Å². The highest BCUT2D eigenvalue weighted by Gasteiger charge is 2.22. The third-order valence-electron chi connectivity index (χ3n) is 5.88. The van der Waals surface area contributed by atoms with Crippen LogP contribution in [0.5, 0.6) is 0 Å². The Kier molecular flexibility index (Phi) is 5.58. The van der Waals surface area contributed by atoms with Crippen LogP contribution >= 0.6 is 11.8 Å². The quantitative estimate of drug-likeness (QED) is 0.397. The number of aromatic nitrogens is 3. The number of Topliss-reactive ketones (excluding diaryl/α,β-unsaturated/α-hetero) is 1. The summed E-state index contributed by atoms with van der Waals surface area (Å²) >= 11 is 1.47. The summed E-state index contributed by atoms with van der Waals surface area (Å²) in [4.78, 5) is 13.0. The Labute approximate surface area is 183 Å². The van der Waals surface area contributed by atoms with Crippen LogP contribution < -0.4 is 0 Å². The molecule has 0 fully saturated rings. The van der Waals surface area contributed by atoms with Crippen molar-refractivity contribution in [3.63, 3.8) is 0 Å². The molecular weight excluding hydrogens is 390 g/mol. The van der Waals surface area contributed by atoms with Gasteiger partial charge in [-0.3, -0.25) is 4.79 Å². The van der Waals surface area contributed by atoms with Gasteiger partial charge in [-0.2, -0.15) is 0 Å². The normalized spacial score (nSPS) is 14.6. The van der Waals surface area contributed by atoms with E-state index in [1.807, 2.05) is 24.6 Å². The van der Waals surface area contributed by atoms with Gasteiger partial charge in [-0.1, -0.05) is 68.9 Å². The molecule has 1 aromatic heterocycles. The largest absolute Gasteiger partial charge is 0.305 e. The van der Waals surface area contributed by atoms with E-state index in [0.29, 0.717) is 0 Å². The molecular formula is C25H29N3OS. The number of carbonyl (C=O) groups excluding carboxylic acids is 1. The van der Waals surface area contributed by atoms with Gasteiger partial charge < -0.3 is 4.57 Å². The second kappa shape index (κ2) is 8.03. The Morgan fingerprint density at radius 1 is 1.03 bits per heavy atom. The first-order chi connectivity index (χ1) is 14.2. The van der Waals surface area contributed by atoms with Gasteiger partial charge in [0.25, 0.3) is 0 Å². The van der Waals surface area contributed by atoms with Crippen molar-refractivity contribution in [3.05, 3.63) is 64.7 Å². The van der Waals surface area contributed by atoms with Gasteiger partial charge in [0.05, 0.1) is 5.25 Å². The number of carbonyl (C=O) groups is 1. The van der Waals surface area contributed by atoms with E-state index in [1.54, 1.807) is 0 Å². The molecule has 1 heterocycles. The van der Waals surface area contributed by atoms with Crippen molar-refractivity contribution in [1.82, 2.24) is 14.8 Å². The summed E-state index contributed by atoms with van der Waals surface area (Å²) in [5.41, 5.74) is 5.96. The lowest BCUT2D eigenvalue weighted by Gasteiger charge is -2.19. The molecule has 4 nitrogen and oxygen atoms in total. The van der Waals surface area contributed by atoms with E-state index in [1.165, 1.54) is 34.9 Å². The smallest absolute Gasteiger partial charge is 0.191 e. The maximum atomic E-state index is 13.0. The Balaban J connectivity index is 1.50. The molecule has 0 saturated heterocycles. The Bertz CT molecular complexity index is 1080. The summed E-state index contributed by atoms with van der Waals surface area (Å²) in [5.74, 6) is 0.962. The minimum Gasteiger partial charge on any atom is -0.305 e. The van der Waals surface area contributed by atoms with Crippen LogP contribution in [0.2, 0.25) is 0 Å². The van der Waals surface area contributed by atoms with Crippen LogP contribution in [0.15, 0.2) is 47.6 Å². The highest BCUT2D eigenvalue weighted by Crippen LogP contribution is 2.30. The fraction of sp³-hybridized carbons (Fsp3) is 0.400. The van der Waals surface area contributed by atoms with E-state index in [0.717, 1.165) is 34.9 Å². The summed E-state index contributed by atoms with van der Waals surface area (Å²) < 4.78 is 1.98. The van der Waals surface area contributed by atoms with E-state index in [4.69, 9.17) is 0 Å². The van der Waals surface area contributed by atoms with Crippen LogP contribution in [-0.2, 0) is 25.3 Å². The molecule has 0 radical (unpaired) electrons. The summed E-state index contributed by atoms with van der Waals surface area (Å²) in [6, 6.07) is 14.7. The molecule has 2 aromatic carbocycles. The number of thioether (sulfide) groups is 1. The topological polar surface area (TPSA) is 47.8 Å². The summed E-state index contributed by atoms with van der Waals surface area (Å²) in [6.45, 7) is 8.57. The first kappa shape index (κ1) is 20.9. The lowest BCUT2D eigenvalue weighted by Crippen LogP contribution is -2.15. The maximum Gasteiger partial charge on any atom is 0.191 e. The number of hydrogen-bond donors (Lipinski definition) is 0. The van der Waals surface area contributed by atoms with Crippen molar-refractivity contribution in [2.45, 2.75) is 62.8 Å². The number of aryl methyl sites for hydroxylation is 2. The molecule has 4 rings (SSSR count). The fourth-order valence-electron chi connectivity index (χ4n) is 3.96. The molecule has 5 heteroatoms. The van der Waals surface area contributed by atoms with Crippen molar-refractivity contribution < 1.29 is 4.79 Å². The molecule has 30 heavy (non-hydrogen) atoms. The molecule has 0 unspecified atom stereocenters. The fourth-order valence-corrected chi connectivity index (χ4v) is 4.85. The summed E-state index contributed by atoms with van der Waals surface area (Å²) in [7, 11) is 1.96. The number of rotatable bonds is 5. The van der Waals surface area contributed by atoms with Gasteiger partial charge in [-0.15, -0.1) is 10.2 Å². The minimum absolute atomic E-state index is 0.118. The van der Waals surface area contributed by atoms with Gasteiger partial charge in [0.15, 0.2) is 16.8 Å². The molecule has 1 aliphatic carbocycles. The van der Waals surface area contributed by atoms with Crippen LogP contribution in [0.25, 0.3) is 11.4 Å². The van der Waals surface area contributed by atoms with Crippen LogP contribution in [0, 0.1) is 0 Å². The van der Waals surface area contributed by atoms with Crippen molar-refractivity contribution >= 4 is 17.5 Å². The Morgan fingerprint density at radius 2 is 1.73 bits per heavy atom. The molecule has 1 atom stereocenters. The minimum atomic E-state index is -0.219. The van der Waals surface area contributed by atoms with Crippen molar-refractivity contribution in [3.8, 4) is 11.4 Å². The van der Waals surface area contributed by atoms with Gasteiger partial charge in [-0.25, -0.2) is 0 Å². The monoisotopic (exact) mass is 419 g/mol.